The molecule has 0 spiro atoms. The minimum absolute atomic E-state index is 0.162. The van der Waals surface area contributed by atoms with E-state index >= 15 is 0 Å². The molecule has 0 N–H and O–H groups in total. The Bertz CT molecular complexity index is 906. The van der Waals surface area contributed by atoms with Crippen molar-refractivity contribution >= 4 is 40.2 Å². The van der Waals surface area contributed by atoms with Gasteiger partial charge >= 0.3 is 0 Å². The van der Waals surface area contributed by atoms with Crippen molar-refractivity contribution in [2.75, 3.05) is 6.54 Å². The molecular formula is C18H14ClFN2OS2. The fraction of sp³-hybridized carbons (Fsp3) is 0.111. The first-order chi connectivity index (χ1) is 12.1. The van der Waals surface area contributed by atoms with Crippen molar-refractivity contribution in [3.63, 3.8) is 0 Å². The Hall–Kier alpha value is -2.02. The van der Waals surface area contributed by atoms with Gasteiger partial charge in [0.2, 0.25) is 0 Å². The quantitative estimate of drug-likeness (QED) is 0.519. The lowest BCUT2D eigenvalue weighted by Gasteiger charge is -2.19. The fourth-order valence-corrected chi connectivity index (χ4v) is 4.30. The first kappa shape index (κ1) is 17.8. The summed E-state index contributed by atoms with van der Waals surface area (Å²) in [5.74, 6) is -0.517. The van der Waals surface area contributed by atoms with Gasteiger partial charge in [0, 0.05) is 17.0 Å². The maximum Gasteiger partial charge on any atom is 0.266 e. The van der Waals surface area contributed by atoms with Crippen LogP contribution in [-0.2, 0) is 6.54 Å². The molecule has 3 rings (SSSR count). The van der Waals surface area contributed by atoms with Crippen LogP contribution in [0.5, 0.6) is 0 Å². The lowest BCUT2D eigenvalue weighted by molar-refractivity contribution is 0.0769. The van der Waals surface area contributed by atoms with Crippen molar-refractivity contribution in [1.82, 2.24) is 9.88 Å². The fourth-order valence-electron chi connectivity index (χ4n) is 2.29. The Kier molecular flexibility index (Phi) is 5.63. The molecule has 0 fully saturated rings. The SMILES string of the molecule is C=CCN(Cc1ccc(Cl)s1)C(=O)c1cnc(-c2ccccc2F)s1. The predicted molar refractivity (Wildman–Crippen MR) is 102 cm³/mol. The van der Waals surface area contributed by atoms with E-state index in [0.717, 1.165) is 4.88 Å². The zero-order valence-electron chi connectivity index (χ0n) is 13.1. The van der Waals surface area contributed by atoms with Gasteiger partial charge in [-0.3, -0.25) is 4.79 Å². The Morgan fingerprint density at radius 1 is 1.28 bits per heavy atom. The van der Waals surface area contributed by atoms with Crippen molar-refractivity contribution in [3.05, 3.63) is 75.2 Å². The van der Waals surface area contributed by atoms with Gasteiger partial charge in [-0.05, 0) is 24.3 Å². The third kappa shape index (κ3) is 4.15. The molecule has 0 unspecified atom stereocenters. The number of benzene rings is 1. The molecule has 2 aromatic heterocycles. The Morgan fingerprint density at radius 2 is 2.08 bits per heavy atom. The van der Waals surface area contributed by atoms with Crippen LogP contribution in [-0.4, -0.2) is 22.3 Å². The number of hydrogen-bond donors (Lipinski definition) is 0. The maximum absolute atomic E-state index is 13.9. The molecule has 0 aliphatic heterocycles. The van der Waals surface area contributed by atoms with Crippen molar-refractivity contribution < 1.29 is 9.18 Å². The minimum Gasteiger partial charge on any atom is -0.329 e. The maximum atomic E-state index is 13.9. The highest BCUT2D eigenvalue weighted by Crippen LogP contribution is 2.29. The number of thiophene rings is 1. The first-order valence-corrected chi connectivity index (χ1v) is 9.44. The summed E-state index contributed by atoms with van der Waals surface area (Å²) >= 11 is 8.57. The van der Waals surface area contributed by atoms with Crippen LogP contribution in [0.25, 0.3) is 10.6 Å². The number of amides is 1. The van der Waals surface area contributed by atoms with Gasteiger partial charge in [-0.15, -0.1) is 29.3 Å². The summed E-state index contributed by atoms with van der Waals surface area (Å²) in [4.78, 5) is 20.1. The average Bonchev–Trinajstić information content (AvgIpc) is 3.23. The number of halogens is 2. The highest BCUT2D eigenvalue weighted by atomic mass is 35.5. The third-order valence-corrected chi connectivity index (χ3v) is 5.67. The standard InChI is InChI=1S/C18H14ClFN2OS2/c1-2-9-22(11-12-7-8-16(19)24-12)18(23)15-10-21-17(25-15)13-5-3-4-6-14(13)20/h2-8,10H,1,9,11H2. The van der Waals surface area contributed by atoms with E-state index in [-0.39, 0.29) is 11.7 Å². The molecule has 7 heteroatoms. The van der Waals surface area contributed by atoms with Gasteiger partial charge in [-0.2, -0.15) is 0 Å². The van der Waals surface area contributed by atoms with E-state index < -0.39 is 0 Å². The highest BCUT2D eigenvalue weighted by molar-refractivity contribution is 7.17. The Labute approximate surface area is 158 Å². The predicted octanol–water partition coefficient (Wildman–Crippen LogP) is 5.49. The van der Waals surface area contributed by atoms with E-state index in [4.69, 9.17) is 11.6 Å². The molecule has 25 heavy (non-hydrogen) atoms. The highest BCUT2D eigenvalue weighted by Gasteiger charge is 2.20. The summed E-state index contributed by atoms with van der Waals surface area (Å²) in [6.07, 6.45) is 3.16. The number of hydrogen-bond acceptors (Lipinski definition) is 4. The molecule has 0 atom stereocenters. The van der Waals surface area contributed by atoms with Crippen molar-refractivity contribution in [3.8, 4) is 10.6 Å². The van der Waals surface area contributed by atoms with Gasteiger partial charge in [-0.25, -0.2) is 9.37 Å². The summed E-state index contributed by atoms with van der Waals surface area (Å²) in [7, 11) is 0. The number of rotatable bonds is 6. The van der Waals surface area contributed by atoms with Crippen LogP contribution < -0.4 is 0 Å². The molecule has 1 aromatic carbocycles. The first-order valence-electron chi connectivity index (χ1n) is 7.43. The van der Waals surface area contributed by atoms with Gasteiger partial charge in [0.25, 0.3) is 5.91 Å². The zero-order valence-corrected chi connectivity index (χ0v) is 15.5. The van der Waals surface area contributed by atoms with E-state index in [1.54, 1.807) is 35.2 Å². The van der Waals surface area contributed by atoms with Crippen LogP contribution in [0.15, 0.2) is 55.3 Å². The van der Waals surface area contributed by atoms with E-state index in [0.29, 0.717) is 32.9 Å². The summed E-state index contributed by atoms with van der Waals surface area (Å²) in [6, 6.07) is 10.1. The zero-order chi connectivity index (χ0) is 17.8. The second-order valence-corrected chi connectivity index (χ2v) is 8.02. The van der Waals surface area contributed by atoms with Crippen LogP contribution in [0.3, 0.4) is 0 Å². The number of aromatic nitrogens is 1. The molecule has 0 aliphatic rings. The number of thiazole rings is 1. The molecule has 2 heterocycles. The second kappa shape index (κ2) is 7.91. The summed E-state index contributed by atoms with van der Waals surface area (Å²) < 4.78 is 14.6. The van der Waals surface area contributed by atoms with Crippen LogP contribution in [0, 0.1) is 5.82 Å². The van der Waals surface area contributed by atoms with Crippen LogP contribution in [0.2, 0.25) is 4.34 Å². The largest absolute Gasteiger partial charge is 0.329 e. The van der Waals surface area contributed by atoms with Gasteiger partial charge in [0.1, 0.15) is 15.7 Å². The molecule has 3 aromatic rings. The third-order valence-electron chi connectivity index (χ3n) is 3.43. The van der Waals surface area contributed by atoms with E-state index in [2.05, 4.69) is 11.6 Å². The number of carbonyl (C=O) groups is 1. The van der Waals surface area contributed by atoms with Crippen LogP contribution in [0.1, 0.15) is 14.5 Å². The van der Waals surface area contributed by atoms with Gasteiger partial charge in [-0.1, -0.05) is 29.8 Å². The Balaban J connectivity index is 1.83. The molecule has 3 nitrogen and oxygen atoms in total. The van der Waals surface area contributed by atoms with E-state index in [9.17, 15) is 9.18 Å². The minimum atomic E-state index is -0.355. The summed E-state index contributed by atoms with van der Waals surface area (Å²) in [6.45, 7) is 4.55. The van der Waals surface area contributed by atoms with Crippen molar-refractivity contribution in [2.24, 2.45) is 0 Å². The van der Waals surface area contributed by atoms with Gasteiger partial charge in [0.15, 0.2) is 0 Å². The van der Waals surface area contributed by atoms with Crippen LogP contribution in [0.4, 0.5) is 4.39 Å². The normalized spacial score (nSPS) is 10.6. The molecule has 1 amide bonds. The van der Waals surface area contributed by atoms with Crippen LogP contribution >= 0.6 is 34.3 Å². The second-order valence-electron chi connectivity index (χ2n) is 5.19. The molecule has 0 bridgehead atoms. The number of carbonyl (C=O) groups excluding carboxylic acids is 1. The molecule has 128 valence electrons. The van der Waals surface area contributed by atoms with Gasteiger partial charge < -0.3 is 4.90 Å². The smallest absolute Gasteiger partial charge is 0.266 e. The summed E-state index contributed by atoms with van der Waals surface area (Å²) in [5.41, 5.74) is 0.395. The number of nitrogens with zero attached hydrogens (tertiary/aromatic N) is 2. The van der Waals surface area contributed by atoms with Crippen molar-refractivity contribution in [2.45, 2.75) is 6.54 Å². The monoisotopic (exact) mass is 392 g/mol. The topological polar surface area (TPSA) is 33.2 Å². The van der Waals surface area contributed by atoms with Gasteiger partial charge in [0.05, 0.1) is 17.1 Å². The van der Waals surface area contributed by atoms with E-state index in [1.807, 2.05) is 6.07 Å². The molecule has 0 radical (unpaired) electrons. The van der Waals surface area contributed by atoms with E-state index in [1.165, 1.54) is 34.9 Å². The average molecular weight is 393 g/mol. The Morgan fingerprint density at radius 3 is 2.76 bits per heavy atom. The molecule has 0 aliphatic carbocycles. The lowest BCUT2D eigenvalue weighted by Crippen LogP contribution is -2.29. The molecular weight excluding hydrogens is 379 g/mol. The summed E-state index contributed by atoms with van der Waals surface area (Å²) in [5, 5.41) is 0.485. The molecule has 0 saturated carbocycles. The van der Waals surface area contributed by atoms with Crippen molar-refractivity contribution in [1.29, 1.82) is 0 Å². The lowest BCUT2D eigenvalue weighted by atomic mass is 10.2. The molecule has 0 saturated heterocycles.